The number of nitrogens with one attached hydrogen (secondary N) is 1. The van der Waals surface area contributed by atoms with E-state index in [0.717, 1.165) is 0 Å². The van der Waals surface area contributed by atoms with Crippen LogP contribution in [0.4, 0.5) is 11.6 Å². The van der Waals surface area contributed by atoms with Crippen molar-refractivity contribution in [2.45, 2.75) is 6.42 Å². The summed E-state index contributed by atoms with van der Waals surface area (Å²) in [5, 5.41) is 2.73. The van der Waals surface area contributed by atoms with Crippen molar-refractivity contribution in [3.63, 3.8) is 0 Å². The van der Waals surface area contributed by atoms with Crippen molar-refractivity contribution < 1.29 is 9.59 Å². The van der Waals surface area contributed by atoms with E-state index in [4.69, 9.17) is 0 Å². The van der Waals surface area contributed by atoms with Crippen molar-refractivity contribution in [1.29, 1.82) is 0 Å². The van der Waals surface area contributed by atoms with E-state index in [1.807, 2.05) is 23.1 Å². The lowest BCUT2D eigenvalue weighted by molar-refractivity contribution is -0.134. The van der Waals surface area contributed by atoms with Gasteiger partial charge < -0.3 is 15.1 Å². The van der Waals surface area contributed by atoms with Crippen LogP contribution in [0.15, 0.2) is 48.8 Å². The number of hydrogen-bond donors (Lipinski definition) is 1. The van der Waals surface area contributed by atoms with Crippen LogP contribution in [0.5, 0.6) is 0 Å². The molecule has 2 amide bonds. The van der Waals surface area contributed by atoms with Crippen LogP contribution >= 0.6 is 0 Å². The maximum Gasteiger partial charge on any atom is 0.233 e. The lowest BCUT2D eigenvalue weighted by Gasteiger charge is -2.34. The summed E-state index contributed by atoms with van der Waals surface area (Å²) in [4.78, 5) is 36.4. The van der Waals surface area contributed by atoms with Gasteiger partial charge in [0.05, 0.1) is 0 Å². The molecule has 0 saturated carbocycles. The zero-order valence-corrected chi connectivity index (χ0v) is 13.3. The molecule has 0 atom stereocenters. The molecule has 2 heterocycles. The molecule has 24 heavy (non-hydrogen) atoms. The molecule has 1 aliphatic rings. The monoisotopic (exact) mass is 325 g/mol. The highest BCUT2D eigenvalue weighted by atomic mass is 16.2. The Morgan fingerprint density at radius 3 is 2.29 bits per heavy atom. The average molecular weight is 325 g/mol. The zero-order chi connectivity index (χ0) is 16.8. The summed E-state index contributed by atoms with van der Waals surface area (Å²) in [5.74, 6) is 0.225. The molecule has 1 N–H and O–H groups in total. The Bertz CT molecular complexity index is 685. The lowest BCUT2D eigenvalue weighted by Crippen LogP contribution is -2.49. The van der Waals surface area contributed by atoms with Crippen LogP contribution in [0.25, 0.3) is 0 Å². The molecule has 1 aromatic heterocycles. The number of amides is 2. The van der Waals surface area contributed by atoms with Crippen LogP contribution < -0.4 is 10.2 Å². The molecule has 0 unspecified atom stereocenters. The highest BCUT2D eigenvalue weighted by Crippen LogP contribution is 2.11. The topological polar surface area (TPSA) is 78.4 Å². The van der Waals surface area contributed by atoms with Gasteiger partial charge in [0.15, 0.2) is 0 Å². The lowest BCUT2D eigenvalue weighted by atomic mass is 10.2. The molecule has 1 saturated heterocycles. The fourth-order valence-electron chi connectivity index (χ4n) is 2.59. The minimum absolute atomic E-state index is 0.142. The molecule has 7 heteroatoms. The van der Waals surface area contributed by atoms with E-state index in [1.165, 1.54) is 0 Å². The van der Waals surface area contributed by atoms with Crippen LogP contribution in [-0.2, 0) is 9.59 Å². The number of piperazine rings is 1. The minimum atomic E-state index is -0.292. The second kappa shape index (κ2) is 7.54. The summed E-state index contributed by atoms with van der Waals surface area (Å²) in [6.45, 7) is 2.46. The third-order valence-electron chi connectivity index (χ3n) is 3.84. The van der Waals surface area contributed by atoms with Gasteiger partial charge in [-0.1, -0.05) is 18.2 Å². The van der Waals surface area contributed by atoms with Gasteiger partial charge in [-0.15, -0.1) is 0 Å². The van der Waals surface area contributed by atoms with Crippen LogP contribution in [0.1, 0.15) is 6.42 Å². The molecule has 124 valence electrons. The maximum absolute atomic E-state index is 12.3. The second-order valence-corrected chi connectivity index (χ2v) is 5.51. The van der Waals surface area contributed by atoms with Gasteiger partial charge in [-0.05, 0) is 18.2 Å². The number of anilines is 2. The Morgan fingerprint density at radius 2 is 1.62 bits per heavy atom. The third-order valence-corrected chi connectivity index (χ3v) is 3.84. The van der Waals surface area contributed by atoms with E-state index in [9.17, 15) is 9.59 Å². The summed E-state index contributed by atoms with van der Waals surface area (Å²) >= 11 is 0. The normalized spacial score (nSPS) is 14.3. The first-order valence-corrected chi connectivity index (χ1v) is 7.87. The summed E-state index contributed by atoms with van der Waals surface area (Å²) in [5.41, 5.74) is 0.696. The number of aromatic nitrogens is 2. The molecule has 1 aliphatic heterocycles. The van der Waals surface area contributed by atoms with Crippen molar-refractivity contribution in [3.8, 4) is 0 Å². The fraction of sp³-hybridized carbons (Fsp3) is 0.294. The maximum atomic E-state index is 12.3. The van der Waals surface area contributed by atoms with E-state index in [0.29, 0.717) is 37.8 Å². The number of carbonyl (C=O) groups excluding carboxylic acids is 2. The number of nitrogens with zero attached hydrogens (tertiary/aromatic N) is 4. The number of para-hydroxylation sites is 1. The Labute approximate surface area is 140 Å². The second-order valence-electron chi connectivity index (χ2n) is 5.51. The number of carbonyl (C=O) groups is 2. The number of benzene rings is 1. The molecule has 1 fully saturated rings. The number of hydrogen-bond acceptors (Lipinski definition) is 5. The van der Waals surface area contributed by atoms with Crippen molar-refractivity contribution >= 4 is 23.5 Å². The van der Waals surface area contributed by atoms with Gasteiger partial charge in [-0.25, -0.2) is 9.97 Å². The first kappa shape index (κ1) is 15.9. The van der Waals surface area contributed by atoms with Gasteiger partial charge in [0.25, 0.3) is 0 Å². The van der Waals surface area contributed by atoms with Gasteiger partial charge >= 0.3 is 0 Å². The summed E-state index contributed by atoms with van der Waals surface area (Å²) in [6, 6.07) is 10.9. The molecular formula is C17H19N5O2. The van der Waals surface area contributed by atoms with Gasteiger partial charge in [0.1, 0.15) is 6.42 Å². The Kier molecular flexibility index (Phi) is 5.00. The van der Waals surface area contributed by atoms with Gasteiger partial charge in [-0.2, -0.15) is 0 Å². The van der Waals surface area contributed by atoms with Crippen LogP contribution in [0.3, 0.4) is 0 Å². The Morgan fingerprint density at radius 1 is 0.958 bits per heavy atom. The van der Waals surface area contributed by atoms with E-state index in [2.05, 4.69) is 15.3 Å². The summed E-state index contributed by atoms with van der Waals surface area (Å²) in [7, 11) is 0. The van der Waals surface area contributed by atoms with Crippen LogP contribution in [0.2, 0.25) is 0 Å². The summed E-state index contributed by atoms with van der Waals surface area (Å²) in [6.07, 6.45) is 3.26. The molecule has 0 aliphatic carbocycles. The van der Waals surface area contributed by atoms with Gasteiger partial charge in [-0.3, -0.25) is 9.59 Å². The average Bonchev–Trinajstić information content (AvgIpc) is 2.63. The van der Waals surface area contributed by atoms with E-state index >= 15 is 0 Å². The quantitative estimate of drug-likeness (QED) is 0.853. The van der Waals surface area contributed by atoms with Gasteiger partial charge in [0.2, 0.25) is 17.8 Å². The Balaban J connectivity index is 1.47. The third kappa shape index (κ3) is 4.07. The van der Waals surface area contributed by atoms with Crippen LogP contribution in [0, 0.1) is 0 Å². The van der Waals surface area contributed by atoms with E-state index < -0.39 is 0 Å². The molecule has 3 rings (SSSR count). The molecule has 0 radical (unpaired) electrons. The largest absolute Gasteiger partial charge is 0.339 e. The van der Waals surface area contributed by atoms with Crippen molar-refractivity contribution in [1.82, 2.24) is 14.9 Å². The van der Waals surface area contributed by atoms with Crippen molar-refractivity contribution in [3.05, 3.63) is 48.8 Å². The van der Waals surface area contributed by atoms with E-state index in [1.54, 1.807) is 35.5 Å². The highest BCUT2D eigenvalue weighted by Gasteiger charge is 2.23. The molecule has 2 aromatic rings. The minimum Gasteiger partial charge on any atom is -0.339 e. The van der Waals surface area contributed by atoms with E-state index in [-0.39, 0.29) is 18.2 Å². The summed E-state index contributed by atoms with van der Waals surface area (Å²) < 4.78 is 0. The number of rotatable bonds is 4. The molecule has 0 spiro atoms. The molecule has 1 aromatic carbocycles. The molecular weight excluding hydrogens is 306 g/mol. The SMILES string of the molecule is O=C(CC(=O)N1CCN(c2ncccn2)CC1)Nc1ccccc1. The smallest absolute Gasteiger partial charge is 0.233 e. The standard InChI is InChI=1S/C17H19N5O2/c23-15(20-14-5-2-1-3-6-14)13-16(24)21-9-11-22(12-10-21)17-18-7-4-8-19-17/h1-8H,9-13H2,(H,20,23). The predicted molar refractivity (Wildman–Crippen MR) is 90.5 cm³/mol. The van der Waals surface area contributed by atoms with Crippen molar-refractivity contribution in [2.24, 2.45) is 0 Å². The fourth-order valence-corrected chi connectivity index (χ4v) is 2.59. The molecule has 0 bridgehead atoms. The first-order chi connectivity index (χ1) is 11.7. The Hall–Kier alpha value is -2.96. The van der Waals surface area contributed by atoms with Crippen molar-refractivity contribution in [2.75, 3.05) is 36.4 Å². The zero-order valence-electron chi connectivity index (χ0n) is 13.3. The van der Waals surface area contributed by atoms with Gasteiger partial charge in [0, 0.05) is 44.3 Å². The molecule has 7 nitrogen and oxygen atoms in total. The van der Waals surface area contributed by atoms with Crippen LogP contribution in [-0.4, -0.2) is 52.9 Å². The predicted octanol–water partition coefficient (Wildman–Crippen LogP) is 1.15. The first-order valence-electron chi connectivity index (χ1n) is 7.87. The highest BCUT2D eigenvalue weighted by molar-refractivity contribution is 6.03.